The average molecular weight is 288 g/mol. The second-order valence-corrected chi connectivity index (χ2v) is 5.88. The number of fused-ring (bicyclic) bond motifs is 1. The summed E-state index contributed by atoms with van der Waals surface area (Å²) >= 11 is 0. The van der Waals surface area contributed by atoms with Crippen LogP contribution in [0.2, 0.25) is 0 Å². The van der Waals surface area contributed by atoms with Crippen LogP contribution in [0.5, 0.6) is 0 Å². The lowest BCUT2D eigenvalue weighted by Gasteiger charge is -2.24. The first-order chi connectivity index (χ1) is 10.0. The van der Waals surface area contributed by atoms with Gasteiger partial charge in [0, 0.05) is 31.1 Å². The van der Waals surface area contributed by atoms with Crippen LogP contribution in [0.4, 0.5) is 0 Å². The molecule has 0 saturated heterocycles. The SMILES string of the molecule is Cc1cn2c(n1)CC[C@H](NC(=O)c1ncoc1C(C)C)C2. The number of amides is 1. The highest BCUT2D eigenvalue weighted by Crippen LogP contribution is 2.19. The van der Waals surface area contributed by atoms with Crippen LogP contribution in [-0.4, -0.2) is 26.5 Å². The van der Waals surface area contributed by atoms with Crippen molar-refractivity contribution >= 4 is 5.91 Å². The summed E-state index contributed by atoms with van der Waals surface area (Å²) in [5, 5.41) is 3.06. The summed E-state index contributed by atoms with van der Waals surface area (Å²) in [6, 6.07) is 0.107. The van der Waals surface area contributed by atoms with Gasteiger partial charge in [-0.1, -0.05) is 13.8 Å². The van der Waals surface area contributed by atoms with Crippen molar-refractivity contribution in [1.82, 2.24) is 19.9 Å². The smallest absolute Gasteiger partial charge is 0.273 e. The predicted octanol–water partition coefficient (Wildman–Crippen LogP) is 2.05. The molecule has 3 rings (SSSR count). The number of aryl methyl sites for hydroxylation is 2. The fourth-order valence-electron chi connectivity index (χ4n) is 2.79. The van der Waals surface area contributed by atoms with Gasteiger partial charge in [0.05, 0.1) is 5.69 Å². The van der Waals surface area contributed by atoms with E-state index in [1.807, 2.05) is 27.0 Å². The molecular formula is C15H20N4O2. The number of carbonyl (C=O) groups excluding carboxylic acids is 1. The zero-order valence-electron chi connectivity index (χ0n) is 12.6. The molecule has 1 aliphatic heterocycles. The average Bonchev–Trinajstić information content (AvgIpc) is 3.03. The molecule has 0 saturated carbocycles. The summed E-state index contributed by atoms with van der Waals surface area (Å²) in [5.41, 5.74) is 1.42. The number of hydrogen-bond donors (Lipinski definition) is 1. The fourth-order valence-corrected chi connectivity index (χ4v) is 2.79. The molecule has 2 aromatic heterocycles. The van der Waals surface area contributed by atoms with Gasteiger partial charge in [0.1, 0.15) is 11.6 Å². The van der Waals surface area contributed by atoms with E-state index in [4.69, 9.17) is 4.42 Å². The van der Waals surface area contributed by atoms with Gasteiger partial charge in [-0.05, 0) is 13.3 Å². The van der Waals surface area contributed by atoms with Gasteiger partial charge in [-0.25, -0.2) is 9.97 Å². The highest BCUT2D eigenvalue weighted by molar-refractivity contribution is 5.93. The van der Waals surface area contributed by atoms with Crippen molar-refractivity contribution in [1.29, 1.82) is 0 Å². The maximum atomic E-state index is 12.4. The quantitative estimate of drug-likeness (QED) is 0.938. The Kier molecular flexibility index (Phi) is 3.53. The van der Waals surface area contributed by atoms with Gasteiger partial charge in [-0.15, -0.1) is 0 Å². The van der Waals surface area contributed by atoms with Crippen LogP contribution in [-0.2, 0) is 13.0 Å². The zero-order valence-corrected chi connectivity index (χ0v) is 12.6. The third kappa shape index (κ3) is 2.70. The molecule has 0 aliphatic carbocycles. The number of imidazole rings is 1. The highest BCUT2D eigenvalue weighted by Gasteiger charge is 2.25. The van der Waals surface area contributed by atoms with Crippen LogP contribution in [0.15, 0.2) is 17.0 Å². The van der Waals surface area contributed by atoms with Crippen molar-refractivity contribution < 1.29 is 9.21 Å². The van der Waals surface area contributed by atoms with E-state index in [2.05, 4.69) is 19.9 Å². The van der Waals surface area contributed by atoms with Crippen LogP contribution in [0.1, 0.15) is 54.0 Å². The molecule has 112 valence electrons. The monoisotopic (exact) mass is 288 g/mol. The van der Waals surface area contributed by atoms with Crippen molar-refractivity contribution in [3.63, 3.8) is 0 Å². The standard InChI is InChI=1S/C15H20N4O2/c1-9(2)14-13(16-8-21-14)15(20)18-11-4-5-12-17-10(3)6-19(12)7-11/h6,8-9,11H,4-5,7H2,1-3H3,(H,18,20)/t11-/m0/s1. The number of rotatable bonds is 3. The Balaban J connectivity index is 1.70. The van der Waals surface area contributed by atoms with Crippen LogP contribution >= 0.6 is 0 Å². The predicted molar refractivity (Wildman–Crippen MR) is 77.1 cm³/mol. The minimum absolute atomic E-state index is 0.107. The first-order valence-electron chi connectivity index (χ1n) is 7.31. The number of oxazole rings is 1. The summed E-state index contributed by atoms with van der Waals surface area (Å²) in [6.07, 6.45) is 5.15. The molecule has 0 unspecified atom stereocenters. The summed E-state index contributed by atoms with van der Waals surface area (Å²) in [5.74, 6) is 1.73. The van der Waals surface area contributed by atoms with Crippen LogP contribution in [0.3, 0.4) is 0 Å². The Morgan fingerprint density at radius 2 is 2.33 bits per heavy atom. The molecule has 6 heteroatoms. The maximum Gasteiger partial charge on any atom is 0.273 e. The second-order valence-electron chi connectivity index (χ2n) is 5.88. The van der Waals surface area contributed by atoms with Gasteiger partial charge in [0.15, 0.2) is 12.1 Å². The topological polar surface area (TPSA) is 73.0 Å². The molecule has 0 bridgehead atoms. The Labute approximate surface area is 123 Å². The highest BCUT2D eigenvalue weighted by atomic mass is 16.3. The van der Waals surface area contributed by atoms with Crippen LogP contribution < -0.4 is 5.32 Å². The molecule has 1 aliphatic rings. The molecule has 0 aromatic carbocycles. The van der Waals surface area contributed by atoms with Gasteiger partial charge in [-0.3, -0.25) is 4.79 Å². The molecule has 0 radical (unpaired) electrons. The van der Waals surface area contributed by atoms with E-state index in [-0.39, 0.29) is 17.9 Å². The van der Waals surface area contributed by atoms with E-state index in [1.54, 1.807) is 0 Å². The van der Waals surface area contributed by atoms with E-state index in [1.165, 1.54) is 6.39 Å². The molecular weight excluding hydrogens is 268 g/mol. The van der Waals surface area contributed by atoms with E-state index in [0.717, 1.165) is 30.9 Å². The Morgan fingerprint density at radius 3 is 3.10 bits per heavy atom. The fraction of sp³-hybridized carbons (Fsp3) is 0.533. The van der Waals surface area contributed by atoms with Gasteiger partial charge in [0.2, 0.25) is 0 Å². The summed E-state index contributed by atoms with van der Waals surface area (Å²) < 4.78 is 7.43. The third-order valence-corrected chi connectivity index (χ3v) is 3.78. The molecule has 21 heavy (non-hydrogen) atoms. The number of hydrogen-bond acceptors (Lipinski definition) is 4. The first-order valence-corrected chi connectivity index (χ1v) is 7.31. The van der Waals surface area contributed by atoms with E-state index in [0.29, 0.717) is 11.5 Å². The lowest BCUT2D eigenvalue weighted by molar-refractivity contribution is 0.0920. The first kappa shape index (κ1) is 13.9. The summed E-state index contributed by atoms with van der Waals surface area (Å²) in [4.78, 5) is 20.9. The van der Waals surface area contributed by atoms with Gasteiger partial charge in [0.25, 0.3) is 5.91 Å². The lowest BCUT2D eigenvalue weighted by Crippen LogP contribution is -2.41. The Morgan fingerprint density at radius 1 is 1.52 bits per heavy atom. The van der Waals surface area contributed by atoms with Crippen molar-refractivity contribution in [3.8, 4) is 0 Å². The molecule has 1 N–H and O–H groups in total. The van der Waals surface area contributed by atoms with Crippen LogP contribution in [0.25, 0.3) is 0 Å². The summed E-state index contributed by atoms with van der Waals surface area (Å²) in [7, 11) is 0. The van der Waals surface area contributed by atoms with Gasteiger partial charge in [-0.2, -0.15) is 0 Å². The van der Waals surface area contributed by atoms with E-state index < -0.39 is 0 Å². The van der Waals surface area contributed by atoms with E-state index in [9.17, 15) is 4.79 Å². The number of nitrogens with zero attached hydrogens (tertiary/aromatic N) is 3. The largest absolute Gasteiger partial charge is 0.447 e. The molecule has 0 spiro atoms. The second kappa shape index (κ2) is 5.35. The molecule has 1 atom stereocenters. The molecule has 2 aromatic rings. The number of carbonyl (C=O) groups is 1. The molecule has 1 amide bonds. The Hall–Kier alpha value is -2.11. The normalized spacial score (nSPS) is 17.8. The Bertz CT molecular complexity index is 656. The zero-order chi connectivity index (χ0) is 15.0. The van der Waals surface area contributed by atoms with Crippen molar-refractivity contribution in [3.05, 3.63) is 35.6 Å². The minimum atomic E-state index is -0.155. The van der Waals surface area contributed by atoms with Gasteiger partial charge >= 0.3 is 0 Å². The molecule has 6 nitrogen and oxygen atoms in total. The molecule has 3 heterocycles. The third-order valence-electron chi connectivity index (χ3n) is 3.78. The number of nitrogens with one attached hydrogen (secondary N) is 1. The molecule has 0 fully saturated rings. The van der Waals surface area contributed by atoms with Crippen molar-refractivity contribution in [2.24, 2.45) is 0 Å². The van der Waals surface area contributed by atoms with Crippen molar-refractivity contribution in [2.45, 2.75) is 52.1 Å². The maximum absolute atomic E-state index is 12.4. The summed E-state index contributed by atoms with van der Waals surface area (Å²) in [6.45, 7) is 6.72. The minimum Gasteiger partial charge on any atom is -0.447 e. The van der Waals surface area contributed by atoms with Gasteiger partial charge < -0.3 is 14.3 Å². The van der Waals surface area contributed by atoms with Crippen molar-refractivity contribution in [2.75, 3.05) is 0 Å². The van der Waals surface area contributed by atoms with E-state index >= 15 is 0 Å². The lowest BCUT2D eigenvalue weighted by atomic mass is 10.1. The van der Waals surface area contributed by atoms with Crippen LogP contribution in [0, 0.1) is 6.92 Å². The number of aromatic nitrogens is 3.